The van der Waals surface area contributed by atoms with E-state index in [1.165, 1.54) is 11.6 Å². The van der Waals surface area contributed by atoms with E-state index in [-0.39, 0.29) is 5.56 Å². The Labute approximate surface area is 103 Å². The molecule has 2 rings (SSSR count). The van der Waals surface area contributed by atoms with Crippen molar-refractivity contribution in [2.24, 2.45) is 0 Å². The van der Waals surface area contributed by atoms with Gasteiger partial charge >= 0.3 is 5.97 Å². The first kappa shape index (κ1) is 11.6. The Balaban J connectivity index is 2.14. The van der Waals surface area contributed by atoms with Crippen molar-refractivity contribution in [3.05, 3.63) is 45.8 Å². The molecule has 0 bridgehead atoms. The molecule has 2 aromatic heterocycles. The molecule has 0 radical (unpaired) electrons. The van der Waals surface area contributed by atoms with Gasteiger partial charge in [0.1, 0.15) is 11.4 Å². The summed E-state index contributed by atoms with van der Waals surface area (Å²) in [4.78, 5) is 15.0. The highest BCUT2D eigenvalue weighted by Gasteiger charge is 2.10. The molecule has 17 heavy (non-hydrogen) atoms. The summed E-state index contributed by atoms with van der Waals surface area (Å²) >= 11 is 1.64. The van der Waals surface area contributed by atoms with E-state index in [1.807, 2.05) is 12.3 Å². The summed E-state index contributed by atoms with van der Waals surface area (Å²) in [5, 5.41) is 16.2. The van der Waals surface area contributed by atoms with E-state index in [9.17, 15) is 4.79 Å². The lowest BCUT2D eigenvalue weighted by molar-refractivity contribution is 0.0697. The molecule has 0 fully saturated rings. The normalized spacial score (nSPS) is 10.2. The minimum atomic E-state index is -0.970. The van der Waals surface area contributed by atoms with E-state index in [4.69, 9.17) is 5.11 Å². The van der Waals surface area contributed by atoms with Gasteiger partial charge in [-0.1, -0.05) is 0 Å². The standard InChI is InChI=1S/C12H12N2O2S/c1-8-6-17-7-9(8)5-14-11-10(12(15)16)3-2-4-13-11/h2-4,6-7H,5H2,1H3,(H,13,14)(H,15,16). The first-order valence-electron chi connectivity index (χ1n) is 5.12. The number of aryl methyl sites for hydroxylation is 1. The molecule has 0 unspecified atom stereocenters. The quantitative estimate of drug-likeness (QED) is 0.873. The average molecular weight is 248 g/mol. The summed E-state index contributed by atoms with van der Waals surface area (Å²) in [5.41, 5.74) is 2.56. The zero-order valence-corrected chi connectivity index (χ0v) is 10.1. The van der Waals surface area contributed by atoms with Crippen LogP contribution in [0, 0.1) is 6.92 Å². The molecule has 0 atom stereocenters. The topological polar surface area (TPSA) is 62.2 Å². The number of carboxylic acid groups (broad SMARTS) is 1. The van der Waals surface area contributed by atoms with Crippen LogP contribution in [0.3, 0.4) is 0 Å². The van der Waals surface area contributed by atoms with Gasteiger partial charge in [-0.15, -0.1) is 0 Å². The second-order valence-corrected chi connectivity index (χ2v) is 4.38. The van der Waals surface area contributed by atoms with Gasteiger partial charge in [0.05, 0.1) is 0 Å². The Morgan fingerprint density at radius 3 is 3.00 bits per heavy atom. The highest BCUT2D eigenvalue weighted by atomic mass is 32.1. The van der Waals surface area contributed by atoms with Crippen molar-refractivity contribution >= 4 is 23.1 Å². The van der Waals surface area contributed by atoms with Crippen LogP contribution in [0.1, 0.15) is 21.5 Å². The number of aromatic nitrogens is 1. The fourth-order valence-electron chi connectivity index (χ4n) is 1.47. The molecule has 2 heterocycles. The predicted octanol–water partition coefficient (Wildman–Crippen LogP) is 2.76. The lowest BCUT2D eigenvalue weighted by Gasteiger charge is -2.07. The Morgan fingerprint density at radius 2 is 2.35 bits per heavy atom. The summed E-state index contributed by atoms with van der Waals surface area (Å²) in [6, 6.07) is 3.16. The zero-order chi connectivity index (χ0) is 12.3. The molecule has 0 aliphatic carbocycles. The molecule has 0 aromatic carbocycles. The van der Waals surface area contributed by atoms with Crippen LogP contribution in [-0.2, 0) is 6.54 Å². The lowest BCUT2D eigenvalue weighted by Crippen LogP contribution is -2.08. The van der Waals surface area contributed by atoms with E-state index in [0.717, 1.165) is 5.56 Å². The number of nitrogens with one attached hydrogen (secondary N) is 1. The van der Waals surface area contributed by atoms with Gasteiger partial charge in [0.25, 0.3) is 0 Å². The molecule has 0 saturated heterocycles. The van der Waals surface area contributed by atoms with Crippen molar-refractivity contribution in [3.8, 4) is 0 Å². The maximum absolute atomic E-state index is 11.0. The molecule has 4 nitrogen and oxygen atoms in total. The second kappa shape index (κ2) is 4.97. The molecule has 2 N–H and O–H groups in total. The molecule has 0 spiro atoms. The van der Waals surface area contributed by atoms with Crippen LogP contribution in [0.4, 0.5) is 5.82 Å². The zero-order valence-electron chi connectivity index (χ0n) is 9.30. The largest absolute Gasteiger partial charge is 0.478 e. The van der Waals surface area contributed by atoms with Gasteiger partial charge in [-0.05, 0) is 40.9 Å². The van der Waals surface area contributed by atoms with Gasteiger partial charge in [-0.2, -0.15) is 11.3 Å². The monoisotopic (exact) mass is 248 g/mol. The number of hydrogen-bond donors (Lipinski definition) is 2. The van der Waals surface area contributed by atoms with Gasteiger partial charge in [0.2, 0.25) is 0 Å². The van der Waals surface area contributed by atoms with Crippen LogP contribution in [0.5, 0.6) is 0 Å². The molecular weight excluding hydrogens is 236 g/mol. The second-order valence-electron chi connectivity index (χ2n) is 3.64. The molecule has 5 heteroatoms. The number of rotatable bonds is 4. The average Bonchev–Trinajstić information content (AvgIpc) is 2.72. The van der Waals surface area contributed by atoms with Crippen LogP contribution in [0.25, 0.3) is 0 Å². The Bertz CT molecular complexity index is 537. The highest BCUT2D eigenvalue weighted by Crippen LogP contribution is 2.17. The van der Waals surface area contributed by atoms with E-state index >= 15 is 0 Å². The molecular formula is C12H12N2O2S. The fraction of sp³-hybridized carbons (Fsp3) is 0.167. The lowest BCUT2D eigenvalue weighted by atomic mass is 10.2. The molecule has 2 aromatic rings. The Morgan fingerprint density at radius 1 is 1.53 bits per heavy atom. The number of aromatic carboxylic acids is 1. The minimum Gasteiger partial charge on any atom is -0.478 e. The van der Waals surface area contributed by atoms with Gasteiger partial charge < -0.3 is 10.4 Å². The Kier molecular flexibility index (Phi) is 3.39. The third kappa shape index (κ3) is 2.62. The van der Waals surface area contributed by atoms with Crippen LogP contribution >= 0.6 is 11.3 Å². The smallest absolute Gasteiger partial charge is 0.339 e. The Hall–Kier alpha value is -1.88. The van der Waals surface area contributed by atoms with Crippen LogP contribution in [0.15, 0.2) is 29.1 Å². The highest BCUT2D eigenvalue weighted by molar-refractivity contribution is 7.08. The minimum absolute atomic E-state index is 0.195. The van der Waals surface area contributed by atoms with E-state index in [0.29, 0.717) is 12.4 Å². The summed E-state index contributed by atoms with van der Waals surface area (Å²) < 4.78 is 0. The molecule has 0 amide bonds. The molecule has 0 aliphatic heterocycles. The van der Waals surface area contributed by atoms with E-state index in [1.54, 1.807) is 23.6 Å². The van der Waals surface area contributed by atoms with Gasteiger partial charge in [0.15, 0.2) is 0 Å². The van der Waals surface area contributed by atoms with Crippen LogP contribution < -0.4 is 5.32 Å². The number of hydrogen-bond acceptors (Lipinski definition) is 4. The first-order chi connectivity index (χ1) is 8.18. The van der Waals surface area contributed by atoms with Crippen molar-refractivity contribution < 1.29 is 9.90 Å². The van der Waals surface area contributed by atoms with E-state index in [2.05, 4.69) is 15.7 Å². The summed E-state index contributed by atoms with van der Waals surface area (Å²) in [5.74, 6) is -0.562. The van der Waals surface area contributed by atoms with Crippen LogP contribution in [-0.4, -0.2) is 16.1 Å². The van der Waals surface area contributed by atoms with Crippen molar-refractivity contribution in [1.29, 1.82) is 0 Å². The third-order valence-corrected chi connectivity index (χ3v) is 3.36. The van der Waals surface area contributed by atoms with Crippen molar-refractivity contribution in [2.45, 2.75) is 13.5 Å². The third-order valence-electron chi connectivity index (χ3n) is 2.45. The molecule has 0 aliphatic rings. The molecule has 0 saturated carbocycles. The summed E-state index contributed by atoms with van der Waals surface area (Å²) in [6.45, 7) is 2.62. The number of anilines is 1. The van der Waals surface area contributed by atoms with Crippen LogP contribution in [0.2, 0.25) is 0 Å². The van der Waals surface area contributed by atoms with Crippen molar-refractivity contribution in [1.82, 2.24) is 4.98 Å². The van der Waals surface area contributed by atoms with Crippen molar-refractivity contribution in [2.75, 3.05) is 5.32 Å². The predicted molar refractivity (Wildman–Crippen MR) is 67.6 cm³/mol. The SMILES string of the molecule is Cc1cscc1CNc1ncccc1C(=O)O. The maximum Gasteiger partial charge on any atom is 0.339 e. The number of nitrogens with zero attached hydrogens (tertiary/aromatic N) is 1. The molecule has 88 valence electrons. The van der Waals surface area contributed by atoms with Gasteiger partial charge in [-0.3, -0.25) is 0 Å². The number of thiophene rings is 1. The van der Waals surface area contributed by atoms with Gasteiger partial charge in [-0.25, -0.2) is 9.78 Å². The van der Waals surface area contributed by atoms with E-state index < -0.39 is 5.97 Å². The van der Waals surface area contributed by atoms with Gasteiger partial charge in [0, 0.05) is 12.7 Å². The maximum atomic E-state index is 11.0. The number of pyridine rings is 1. The number of carbonyl (C=O) groups is 1. The number of carboxylic acids is 1. The summed E-state index contributed by atoms with van der Waals surface area (Å²) in [6.07, 6.45) is 1.58. The summed E-state index contributed by atoms with van der Waals surface area (Å²) in [7, 11) is 0. The first-order valence-corrected chi connectivity index (χ1v) is 6.06. The van der Waals surface area contributed by atoms with Crippen molar-refractivity contribution in [3.63, 3.8) is 0 Å². The fourth-order valence-corrected chi connectivity index (χ4v) is 2.32.